The van der Waals surface area contributed by atoms with Crippen LogP contribution in [0.4, 0.5) is 0 Å². The summed E-state index contributed by atoms with van der Waals surface area (Å²) in [5.74, 6) is -0.0642. The van der Waals surface area contributed by atoms with Crippen molar-refractivity contribution in [2.24, 2.45) is 0 Å². The molecule has 0 radical (unpaired) electrons. The number of fused-ring (bicyclic) bond motifs is 1. The fourth-order valence-corrected chi connectivity index (χ4v) is 4.97. The summed E-state index contributed by atoms with van der Waals surface area (Å²) >= 11 is 1.08. The lowest BCUT2D eigenvalue weighted by atomic mass is 10.2. The molecule has 8 nitrogen and oxygen atoms in total. The number of carbonyl (C=O) groups excluding carboxylic acids is 1. The van der Waals surface area contributed by atoms with Gasteiger partial charge in [-0.05, 0) is 37.4 Å². The van der Waals surface area contributed by atoms with E-state index in [1.54, 1.807) is 42.6 Å². The average molecular weight is 421 g/mol. The standard InChI is InChI=1S/C18H20N4O4S2/c1-3-22(11-15-19-14-8-5-4-7-13(14)17(23)20-15)18(24)12(2)21-28(25,26)16-9-6-10-27-16/h4-10,12,21H,3,11H2,1-2H3,(H,19,20,23). The zero-order valence-corrected chi connectivity index (χ0v) is 17.0. The highest BCUT2D eigenvalue weighted by Crippen LogP contribution is 2.16. The van der Waals surface area contributed by atoms with E-state index in [0.717, 1.165) is 11.3 Å². The monoisotopic (exact) mass is 420 g/mol. The molecule has 0 spiro atoms. The molecule has 148 valence electrons. The molecule has 2 N–H and O–H groups in total. The molecule has 0 aliphatic rings. The minimum absolute atomic E-state index is 0.0699. The van der Waals surface area contributed by atoms with Gasteiger partial charge in [0.15, 0.2) is 0 Å². The van der Waals surface area contributed by atoms with Crippen LogP contribution >= 0.6 is 11.3 Å². The first kappa shape index (κ1) is 20.2. The van der Waals surface area contributed by atoms with Gasteiger partial charge in [0.1, 0.15) is 10.0 Å². The highest BCUT2D eigenvalue weighted by molar-refractivity contribution is 7.91. The van der Waals surface area contributed by atoms with E-state index in [4.69, 9.17) is 0 Å². The molecule has 10 heteroatoms. The molecule has 3 aromatic rings. The Morgan fingerprint density at radius 3 is 2.71 bits per heavy atom. The van der Waals surface area contributed by atoms with Crippen molar-refractivity contribution in [3.05, 3.63) is 58.0 Å². The summed E-state index contributed by atoms with van der Waals surface area (Å²) in [4.78, 5) is 33.5. The van der Waals surface area contributed by atoms with Crippen molar-refractivity contribution >= 4 is 38.2 Å². The molecule has 0 bridgehead atoms. The van der Waals surface area contributed by atoms with Gasteiger partial charge in [0.05, 0.1) is 23.5 Å². The van der Waals surface area contributed by atoms with E-state index < -0.39 is 22.0 Å². The Morgan fingerprint density at radius 2 is 2.04 bits per heavy atom. The molecule has 0 aliphatic heterocycles. The van der Waals surface area contributed by atoms with Gasteiger partial charge in [-0.3, -0.25) is 9.59 Å². The molecular weight excluding hydrogens is 400 g/mol. The number of aromatic nitrogens is 2. The normalized spacial score (nSPS) is 12.8. The van der Waals surface area contributed by atoms with Gasteiger partial charge in [-0.15, -0.1) is 11.3 Å². The van der Waals surface area contributed by atoms with Gasteiger partial charge < -0.3 is 9.88 Å². The Bertz CT molecular complexity index is 1140. The van der Waals surface area contributed by atoms with Crippen molar-refractivity contribution in [3.63, 3.8) is 0 Å². The number of amides is 1. The van der Waals surface area contributed by atoms with Gasteiger partial charge in [0, 0.05) is 6.54 Å². The SMILES string of the molecule is CCN(Cc1nc2ccccc2c(=O)[nH]1)C(=O)C(C)NS(=O)(=O)c1cccs1. The third-order valence-electron chi connectivity index (χ3n) is 4.16. The lowest BCUT2D eigenvalue weighted by molar-refractivity contribution is -0.133. The van der Waals surface area contributed by atoms with Crippen LogP contribution in [0.15, 0.2) is 50.8 Å². The topological polar surface area (TPSA) is 112 Å². The Labute approximate surface area is 166 Å². The summed E-state index contributed by atoms with van der Waals surface area (Å²) in [6, 6.07) is 9.08. The largest absolute Gasteiger partial charge is 0.334 e. The van der Waals surface area contributed by atoms with E-state index >= 15 is 0 Å². The van der Waals surface area contributed by atoms with E-state index in [9.17, 15) is 18.0 Å². The van der Waals surface area contributed by atoms with Crippen molar-refractivity contribution in [3.8, 4) is 0 Å². The van der Waals surface area contributed by atoms with Gasteiger partial charge in [-0.1, -0.05) is 18.2 Å². The third-order valence-corrected chi connectivity index (χ3v) is 7.10. The van der Waals surface area contributed by atoms with E-state index in [-0.39, 0.29) is 16.3 Å². The van der Waals surface area contributed by atoms with Crippen LogP contribution < -0.4 is 10.3 Å². The van der Waals surface area contributed by atoms with Gasteiger partial charge in [0.2, 0.25) is 5.91 Å². The highest BCUT2D eigenvalue weighted by atomic mass is 32.2. The molecule has 0 aliphatic carbocycles. The fourth-order valence-electron chi connectivity index (χ4n) is 2.77. The van der Waals surface area contributed by atoms with Crippen LogP contribution in [0, 0.1) is 0 Å². The number of sulfonamides is 1. The average Bonchev–Trinajstić information content (AvgIpc) is 3.21. The first-order chi connectivity index (χ1) is 13.3. The maximum Gasteiger partial charge on any atom is 0.258 e. The van der Waals surface area contributed by atoms with E-state index in [0.29, 0.717) is 23.3 Å². The number of H-pyrrole nitrogens is 1. The zero-order chi connectivity index (χ0) is 20.3. The number of benzene rings is 1. The number of nitrogens with zero attached hydrogens (tertiary/aromatic N) is 2. The van der Waals surface area contributed by atoms with Crippen LogP contribution in [0.1, 0.15) is 19.7 Å². The van der Waals surface area contributed by atoms with Crippen LogP contribution in [0.25, 0.3) is 10.9 Å². The predicted octanol–water partition coefficient (Wildman–Crippen LogP) is 1.70. The predicted molar refractivity (Wildman–Crippen MR) is 108 cm³/mol. The van der Waals surface area contributed by atoms with Gasteiger partial charge in [-0.25, -0.2) is 13.4 Å². The zero-order valence-electron chi connectivity index (χ0n) is 15.4. The second-order valence-electron chi connectivity index (χ2n) is 6.16. The molecule has 1 unspecified atom stereocenters. The van der Waals surface area contributed by atoms with Crippen molar-refractivity contribution in [1.82, 2.24) is 19.6 Å². The summed E-state index contributed by atoms with van der Waals surface area (Å²) in [6.07, 6.45) is 0. The number of hydrogen-bond acceptors (Lipinski definition) is 6. The van der Waals surface area contributed by atoms with Gasteiger partial charge in [-0.2, -0.15) is 4.72 Å². The van der Waals surface area contributed by atoms with Crippen LogP contribution in [0.5, 0.6) is 0 Å². The van der Waals surface area contributed by atoms with Crippen molar-refractivity contribution in [2.45, 2.75) is 30.6 Å². The van der Waals surface area contributed by atoms with Crippen molar-refractivity contribution in [2.75, 3.05) is 6.54 Å². The van der Waals surface area contributed by atoms with Crippen LogP contribution in [-0.2, 0) is 21.4 Å². The Kier molecular flexibility index (Phi) is 5.92. The number of likely N-dealkylation sites (N-methyl/N-ethyl adjacent to an activating group) is 1. The molecule has 3 rings (SSSR count). The molecule has 1 amide bonds. The third kappa shape index (κ3) is 4.29. The number of carbonyl (C=O) groups is 1. The Morgan fingerprint density at radius 1 is 1.29 bits per heavy atom. The summed E-state index contributed by atoms with van der Waals surface area (Å²) in [5.41, 5.74) is 0.256. The van der Waals surface area contributed by atoms with E-state index in [1.807, 2.05) is 0 Å². The second-order valence-corrected chi connectivity index (χ2v) is 9.05. The Balaban J connectivity index is 1.77. The first-order valence-corrected chi connectivity index (χ1v) is 11.0. The Hall–Kier alpha value is -2.56. The summed E-state index contributed by atoms with van der Waals surface area (Å²) < 4.78 is 27.2. The molecular formula is C18H20N4O4S2. The second kappa shape index (κ2) is 8.21. The molecule has 0 saturated carbocycles. The van der Waals surface area contributed by atoms with Crippen molar-refractivity contribution < 1.29 is 13.2 Å². The number of rotatable bonds is 7. The van der Waals surface area contributed by atoms with Crippen LogP contribution in [0.2, 0.25) is 0 Å². The summed E-state index contributed by atoms with van der Waals surface area (Å²) in [7, 11) is -3.76. The maximum absolute atomic E-state index is 12.8. The lowest BCUT2D eigenvalue weighted by Crippen LogP contribution is -2.46. The fraction of sp³-hybridized carbons (Fsp3) is 0.278. The van der Waals surface area contributed by atoms with Gasteiger partial charge in [0.25, 0.3) is 15.6 Å². The number of nitrogens with one attached hydrogen (secondary N) is 2. The maximum atomic E-state index is 12.8. The highest BCUT2D eigenvalue weighted by Gasteiger charge is 2.26. The summed E-state index contributed by atoms with van der Waals surface area (Å²) in [5, 5.41) is 2.12. The minimum atomic E-state index is -3.76. The smallest absolute Gasteiger partial charge is 0.258 e. The lowest BCUT2D eigenvalue weighted by Gasteiger charge is -2.24. The quantitative estimate of drug-likeness (QED) is 0.604. The molecule has 28 heavy (non-hydrogen) atoms. The number of hydrogen-bond donors (Lipinski definition) is 2. The summed E-state index contributed by atoms with van der Waals surface area (Å²) in [6.45, 7) is 3.67. The molecule has 0 fully saturated rings. The molecule has 1 aromatic carbocycles. The molecule has 2 aromatic heterocycles. The van der Waals surface area contributed by atoms with E-state index in [1.165, 1.54) is 17.9 Å². The van der Waals surface area contributed by atoms with Gasteiger partial charge >= 0.3 is 0 Å². The molecule has 1 atom stereocenters. The first-order valence-electron chi connectivity index (χ1n) is 8.64. The van der Waals surface area contributed by atoms with Crippen LogP contribution in [0.3, 0.4) is 0 Å². The van der Waals surface area contributed by atoms with Crippen LogP contribution in [-0.4, -0.2) is 41.8 Å². The minimum Gasteiger partial charge on any atom is -0.334 e. The number of thiophene rings is 1. The molecule has 2 heterocycles. The van der Waals surface area contributed by atoms with E-state index in [2.05, 4.69) is 14.7 Å². The molecule has 0 saturated heterocycles. The van der Waals surface area contributed by atoms with Crippen molar-refractivity contribution in [1.29, 1.82) is 0 Å². The number of para-hydroxylation sites is 1. The number of aromatic amines is 1.